The van der Waals surface area contributed by atoms with Gasteiger partial charge in [0.2, 0.25) is 0 Å². The Labute approximate surface area is 139 Å². The predicted molar refractivity (Wildman–Crippen MR) is 82.9 cm³/mol. The van der Waals surface area contributed by atoms with Crippen LogP contribution >= 0.6 is 0 Å². The molecule has 136 valence electrons. The minimum atomic E-state index is -1.79. The normalized spacial score (nSPS) is 31.7. The van der Waals surface area contributed by atoms with E-state index in [-0.39, 0.29) is 31.1 Å². The highest BCUT2D eigenvalue weighted by molar-refractivity contribution is 5.43. The maximum Gasteiger partial charge on any atom is 0.160 e. The molecule has 0 saturated carbocycles. The van der Waals surface area contributed by atoms with E-state index in [1.54, 1.807) is 6.07 Å². The number of aliphatic hydroxyl groups excluding tert-OH is 4. The Kier molecular flexibility index (Phi) is 6.02. The van der Waals surface area contributed by atoms with E-state index in [1.165, 1.54) is 19.2 Å². The molecule has 1 aliphatic heterocycles. The van der Waals surface area contributed by atoms with E-state index in [0.29, 0.717) is 5.56 Å². The van der Waals surface area contributed by atoms with Gasteiger partial charge in [0.05, 0.1) is 26.9 Å². The summed E-state index contributed by atoms with van der Waals surface area (Å²) >= 11 is 0. The number of hydrogen-bond donors (Lipinski definition) is 6. The van der Waals surface area contributed by atoms with E-state index in [2.05, 4.69) is 0 Å². The summed E-state index contributed by atoms with van der Waals surface area (Å²) in [5, 5.41) is 59.2. The highest BCUT2D eigenvalue weighted by Crippen LogP contribution is 2.36. The van der Waals surface area contributed by atoms with Crippen molar-refractivity contribution in [2.75, 3.05) is 26.9 Å². The Hall–Kier alpha value is -1.42. The molecule has 1 aromatic rings. The number of ether oxygens (including phenoxy) is 2. The minimum Gasteiger partial charge on any atom is -0.504 e. The van der Waals surface area contributed by atoms with Gasteiger partial charge >= 0.3 is 0 Å². The van der Waals surface area contributed by atoms with E-state index < -0.39 is 36.4 Å². The van der Waals surface area contributed by atoms with Crippen LogP contribution < -0.4 is 4.74 Å². The lowest BCUT2D eigenvalue weighted by Crippen LogP contribution is -2.62. The monoisotopic (exact) mass is 344 g/mol. The maximum absolute atomic E-state index is 10.7. The molecule has 8 heteroatoms. The van der Waals surface area contributed by atoms with Crippen molar-refractivity contribution in [3.8, 4) is 11.5 Å². The molecule has 1 unspecified atom stereocenters. The number of aliphatic hydroxyl groups is 5. The zero-order chi connectivity index (χ0) is 17.9. The predicted octanol–water partition coefficient (Wildman–Crippen LogP) is -1.29. The molecule has 5 atom stereocenters. The average Bonchev–Trinajstić information content (AvgIpc) is 2.59. The first kappa shape index (κ1) is 18.9. The van der Waals surface area contributed by atoms with Crippen molar-refractivity contribution in [3.05, 3.63) is 23.8 Å². The number of phenols is 1. The number of phenolic OH excluding ortho intramolecular Hbond substituents is 1. The molecule has 0 spiro atoms. The van der Waals surface area contributed by atoms with Crippen molar-refractivity contribution in [1.82, 2.24) is 0 Å². The number of methoxy groups -OCH3 is 1. The highest BCUT2D eigenvalue weighted by Gasteiger charge is 2.49. The zero-order valence-corrected chi connectivity index (χ0v) is 13.4. The summed E-state index contributed by atoms with van der Waals surface area (Å²) in [6, 6.07) is 4.51. The smallest absolute Gasteiger partial charge is 0.160 e. The molecule has 0 amide bonds. The minimum absolute atomic E-state index is 0.0566. The Balaban J connectivity index is 2.20. The largest absolute Gasteiger partial charge is 0.504 e. The summed E-state index contributed by atoms with van der Waals surface area (Å²) in [6.07, 6.45) is -4.03. The molecule has 0 aromatic heterocycles. The van der Waals surface area contributed by atoms with Gasteiger partial charge < -0.3 is 40.1 Å². The Morgan fingerprint density at radius 1 is 1.33 bits per heavy atom. The number of hydrogen-bond acceptors (Lipinski definition) is 8. The van der Waals surface area contributed by atoms with Crippen molar-refractivity contribution < 1.29 is 40.1 Å². The lowest BCUT2D eigenvalue weighted by molar-refractivity contribution is -0.243. The van der Waals surface area contributed by atoms with Crippen LogP contribution in [0.5, 0.6) is 11.5 Å². The Bertz CT molecular complexity index is 551. The van der Waals surface area contributed by atoms with Crippen LogP contribution in [0.2, 0.25) is 0 Å². The summed E-state index contributed by atoms with van der Waals surface area (Å²) in [4.78, 5) is 0. The van der Waals surface area contributed by atoms with Crippen LogP contribution in [-0.2, 0) is 4.74 Å². The summed E-state index contributed by atoms with van der Waals surface area (Å²) in [5.41, 5.74) is -1.20. The lowest BCUT2D eigenvalue weighted by Gasteiger charge is -2.44. The molecule has 2 rings (SSSR count). The van der Waals surface area contributed by atoms with Crippen molar-refractivity contribution in [1.29, 1.82) is 0 Å². The van der Waals surface area contributed by atoms with Crippen molar-refractivity contribution in [2.45, 2.75) is 36.3 Å². The van der Waals surface area contributed by atoms with Gasteiger partial charge in [0.25, 0.3) is 0 Å². The van der Waals surface area contributed by atoms with Gasteiger partial charge in [-0.3, -0.25) is 0 Å². The third-order valence-corrected chi connectivity index (χ3v) is 4.48. The Morgan fingerprint density at radius 2 is 2.04 bits per heavy atom. The molecule has 1 aromatic carbocycles. The van der Waals surface area contributed by atoms with E-state index in [4.69, 9.17) is 14.6 Å². The molecule has 1 saturated heterocycles. The standard InChI is InChI=1S/C16H24O8/c1-23-12-4-9(2-3-11(12)19)10(6-17)5-16(22)8-24-13(7-18)14(20)15(16)21/h2-4,10,13-15,17-22H,5-8H2,1H3/t10?,13-,14-,15+,16-/m1/s1. The molecule has 0 radical (unpaired) electrons. The molecule has 24 heavy (non-hydrogen) atoms. The SMILES string of the molecule is COc1cc(C(CO)C[C@@]2(O)CO[C@H](CO)[C@@H](O)[C@@H]2O)ccc1O. The van der Waals surface area contributed by atoms with Gasteiger partial charge in [0.15, 0.2) is 11.5 Å². The van der Waals surface area contributed by atoms with Crippen LogP contribution in [0.4, 0.5) is 0 Å². The summed E-state index contributed by atoms with van der Waals surface area (Å²) in [7, 11) is 1.39. The third kappa shape index (κ3) is 3.64. The maximum atomic E-state index is 10.7. The molecule has 1 fully saturated rings. The van der Waals surface area contributed by atoms with E-state index >= 15 is 0 Å². The van der Waals surface area contributed by atoms with Crippen molar-refractivity contribution in [3.63, 3.8) is 0 Å². The van der Waals surface area contributed by atoms with Crippen LogP contribution in [0, 0.1) is 0 Å². The summed E-state index contributed by atoms with van der Waals surface area (Å²) < 4.78 is 10.2. The highest BCUT2D eigenvalue weighted by atomic mass is 16.5. The fraction of sp³-hybridized carbons (Fsp3) is 0.625. The molecule has 0 bridgehead atoms. The second kappa shape index (κ2) is 7.64. The van der Waals surface area contributed by atoms with E-state index in [9.17, 15) is 25.5 Å². The average molecular weight is 344 g/mol. The molecule has 0 aliphatic carbocycles. The van der Waals surface area contributed by atoms with Gasteiger partial charge in [-0.1, -0.05) is 6.07 Å². The van der Waals surface area contributed by atoms with Gasteiger partial charge in [0, 0.05) is 5.92 Å². The molecule has 8 nitrogen and oxygen atoms in total. The number of aromatic hydroxyl groups is 1. The van der Waals surface area contributed by atoms with Gasteiger partial charge in [-0.25, -0.2) is 0 Å². The summed E-state index contributed by atoms with van der Waals surface area (Å²) in [6.45, 7) is -1.10. The molecular weight excluding hydrogens is 320 g/mol. The number of rotatable bonds is 6. The Morgan fingerprint density at radius 3 is 2.62 bits per heavy atom. The fourth-order valence-corrected chi connectivity index (χ4v) is 2.96. The molecule has 6 N–H and O–H groups in total. The van der Waals surface area contributed by atoms with Gasteiger partial charge in [0.1, 0.15) is 23.9 Å². The van der Waals surface area contributed by atoms with Crippen LogP contribution in [0.25, 0.3) is 0 Å². The second-order valence-corrected chi connectivity index (χ2v) is 6.09. The quantitative estimate of drug-likeness (QED) is 0.375. The molecule has 1 heterocycles. The van der Waals surface area contributed by atoms with Crippen molar-refractivity contribution in [2.24, 2.45) is 0 Å². The van der Waals surface area contributed by atoms with E-state index in [0.717, 1.165) is 0 Å². The molecule has 1 aliphatic rings. The third-order valence-electron chi connectivity index (χ3n) is 4.48. The van der Waals surface area contributed by atoms with Crippen LogP contribution in [0.1, 0.15) is 17.9 Å². The van der Waals surface area contributed by atoms with Crippen LogP contribution in [0.3, 0.4) is 0 Å². The van der Waals surface area contributed by atoms with Crippen LogP contribution in [-0.4, -0.2) is 81.5 Å². The first-order valence-corrected chi connectivity index (χ1v) is 7.65. The number of benzene rings is 1. The van der Waals surface area contributed by atoms with E-state index in [1.807, 2.05) is 0 Å². The van der Waals surface area contributed by atoms with Gasteiger partial charge in [-0.05, 0) is 24.1 Å². The van der Waals surface area contributed by atoms with Crippen molar-refractivity contribution >= 4 is 0 Å². The lowest BCUT2D eigenvalue weighted by atomic mass is 9.79. The fourth-order valence-electron chi connectivity index (χ4n) is 2.96. The van der Waals surface area contributed by atoms with Gasteiger partial charge in [-0.15, -0.1) is 0 Å². The molecular formula is C16H24O8. The first-order chi connectivity index (χ1) is 11.4. The van der Waals surface area contributed by atoms with Gasteiger partial charge in [-0.2, -0.15) is 0 Å². The first-order valence-electron chi connectivity index (χ1n) is 7.65. The summed E-state index contributed by atoms with van der Waals surface area (Å²) in [5.74, 6) is -0.418. The second-order valence-electron chi connectivity index (χ2n) is 6.09. The topological polar surface area (TPSA) is 140 Å². The van der Waals surface area contributed by atoms with Crippen LogP contribution in [0.15, 0.2) is 18.2 Å². The zero-order valence-electron chi connectivity index (χ0n) is 13.4.